The van der Waals surface area contributed by atoms with Gasteiger partial charge in [-0.05, 0) is 38.0 Å². The van der Waals surface area contributed by atoms with Crippen molar-refractivity contribution in [2.45, 2.75) is 37.7 Å². The second kappa shape index (κ2) is 3.76. The van der Waals surface area contributed by atoms with Gasteiger partial charge in [-0.3, -0.25) is 0 Å². The summed E-state index contributed by atoms with van der Waals surface area (Å²) in [7, 11) is -2.06. The van der Waals surface area contributed by atoms with Crippen LogP contribution in [0.5, 0.6) is 0 Å². The highest BCUT2D eigenvalue weighted by Gasteiger charge is 2.48. The molecular formula is C13H20OSi. The first-order valence-electron chi connectivity index (χ1n) is 5.78. The van der Waals surface area contributed by atoms with E-state index in [9.17, 15) is 0 Å². The molecular weight excluding hydrogens is 200 g/mol. The monoisotopic (exact) mass is 220 g/mol. The van der Waals surface area contributed by atoms with Crippen molar-refractivity contribution in [3.05, 3.63) is 36.8 Å². The molecule has 0 aromatic heterocycles. The van der Waals surface area contributed by atoms with Gasteiger partial charge in [-0.2, -0.15) is 0 Å². The van der Waals surface area contributed by atoms with Gasteiger partial charge in [0.1, 0.15) is 0 Å². The summed E-state index contributed by atoms with van der Waals surface area (Å²) >= 11 is 0. The Morgan fingerprint density at radius 3 is 1.93 bits per heavy atom. The lowest BCUT2D eigenvalue weighted by atomic mass is 9.98. The van der Waals surface area contributed by atoms with Crippen LogP contribution >= 0.6 is 0 Å². The van der Waals surface area contributed by atoms with E-state index in [0.717, 1.165) is 5.92 Å². The smallest absolute Gasteiger partial charge is 0.265 e. The molecule has 2 rings (SSSR count). The Kier molecular flexibility index (Phi) is 2.73. The largest absolute Gasteiger partial charge is 0.400 e. The van der Waals surface area contributed by atoms with Gasteiger partial charge in [0.2, 0.25) is 0 Å². The highest BCUT2D eigenvalue weighted by molar-refractivity contribution is 6.87. The molecule has 0 spiro atoms. The molecule has 0 atom stereocenters. The molecule has 15 heavy (non-hydrogen) atoms. The lowest BCUT2D eigenvalue weighted by Gasteiger charge is -2.35. The Morgan fingerprint density at radius 1 is 1.07 bits per heavy atom. The van der Waals surface area contributed by atoms with Crippen LogP contribution in [0.3, 0.4) is 0 Å². The Labute approximate surface area is 93.7 Å². The van der Waals surface area contributed by atoms with Crippen LogP contribution < -0.4 is 0 Å². The molecule has 0 aromatic rings. The average Bonchev–Trinajstić information content (AvgIpc) is 2.86. The van der Waals surface area contributed by atoms with Crippen LogP contribution in [0.1, 0.15) is 32.1 Å². The summed E-state index contributed by atoms with van der Waals surface area (Å²) in [5.41, 5.74) is 5.96. The highest BCUT2D eigenvalue weighted by atomic mass is 28.4. The van der Waals surface area contributed by atoms with E-state index in [0.29, 0.717) is 0 Å². The number of fused-ring (bicyclic) bond motifs is 2. The van der Waals surface area contributed by atoms with Crippen LogP contribution in [0.15, 0.2) is 36.8 Å². The summed E-state index contributed by atoms with van der Waals surface area (Å²) in [5.74, 6) is 0.913. The molecule has 0 aliphatic heterocycles. The van der Waals surface area contributed by atoms with Crippen LogP contribution in [-0.4, -0.2) is 13.9 Å². The zero-order valence-corrected chi connectivity index (χ0v) is 10.4. The molecule has 2 aliphatic carbocycles. The van der Waals surface area contributed by atoms with Crippen LogP contribution in [0.2, 0.25) is 0 Å². The maximum absolute atomic E-state index is 6.41. The van der Waals surface area contributed by atoms with Crippen molar-refractivity contribution >= 4 is 8.32 Å². The van der Waals surface area contributed by atoms with Gasteiger partial charge in [0, 0.05) is 0 Å². The standard InChI is InChI=1S/C13H20OSi/c1-4-15(5-2,6-3)14-13-9-7-12(11-13)8-10-13/h4-6,12H,1-3,7-11H2. The Hall–Kier alpha value is -0.603. The Morgan fingerprint density at radius 2 is 1.60 bits per heavy atom. The van der Waals surface area contributed by atoms with Gasteiger partial charge >= 0.3 is 0 Å². The van der Waals surface area contributed by atoms with E-state index in [4.69, 9.17) is 4.43 Å². The summed E-state index contributed by atoms with van der Waals surface area (Å²) < 4.78 is 6.41. The van der Waals surface area contributed by atoms with Gasteiger partial charge in [0.25, 0.3) is 8.32 Å². The first kappa shape index (κ1) is 10.9. The molecule has 2 aliphatic rings. The Balaban J connectivity index is 2.15. The summed E-state index contributed by atoms with van der Waals surface area (Å²) in [6, 6.07) is 0. The second-order valence-electron chi connectivity index (χ2n) is 4.90. The van der Waals surface area contributed by atoms with E-state index in [2.05, 4.69) is 19.7 Å². The highest BCUT2D eigenvalue weighted by Crippen LogP contribution is 2.51. The van der Waals surface area contributed by atoms with Gasteiger partial charge < -0.3 is 4.43 Å². The molecule has 2 fully saturated rings. The van der Waals surface area contributed by atoms with E-state index in [1.54, 1.807) is 0 Å². The minimum atomic E-state index is -2.06. The summed E-state index contributed by atoms with van der Waals surface area (Å²) in [6.45, 7) is 11.7. The van der Waals surface area contributed by atoms with Crippen molar-refractivity contribution in [1.29, 1.82) is 0 Å². The second-order valence-corrected chi connectivity index (χ2v) is 8.03. The molecule has 2 heteroatoms. The van der Waals surface area contributed by atoms with E-state index in [-0.39, 0.29) is 5.60 Å². The van der Waals surface area contributed by atoms with Crippen LogP contribution in [0, 0.1) is 5.92 Å². The van der Waals surface area contributed by atoms with Gasteiger partial charge in [-0.25, -0.2) is 0 Å². The minimum Gasteiger partial charge on any atom is -0.400 e. The van der Waals surface area contributed by atoms with E-state index in [1.807, 2.05) is 17.1 Å². The maximum Gasteiger partial charge on any atom is 0.265 e. The molecule has 2 bridgehead atoms. The molecule has 0 saturated heterocycles. The zero-order valence-electron chi connectivity index (χ0n) is 9.37. The number of hydrogen-bond donors (Lipinski definition) is 0. The molecule has 0 aromatic carbocycles. The van der Waals surface area contributed by atoms with Crippen molar-refractivity contribution in [2.75, 3.05) is 0 Å². The number of rotatable bonds is 5. The topological polar surface area (TPSA) is 9.23 Å². The van der Waals surface area contributed by atoms with Crippen molar-refractivity contribution in [1.82, 2.24) is 0 Å². The first-order valence-corrected chi connectivity index (χ1v) is 7.92. The molecule has 2 saturated carbocycles. The van der Waals surface area contributed by atoms with E-state index >= 15 is 0 Å². The molecule has 0 N–H and O–H groups in total. The normalized spacial score (nSPS) is 34.0. The average molecular weight is 220 g/mol. The third kappa shape index (κ3) is 1.77. The summed E-state index contributed by atoms with van der Waals surface area (Å²) in [5, 5.41) is 0. The van der Waals surface area contributed by atoms with E-state index < -0.39 is 8.32 Å². The van der Waals surface area contributed by atoms with Gasteiger partial charge in [-0.1, -0.05) is 17.1 Å². The van der Waals surface area contributed by atoms with Crippen LogP contribution in [0.4, 0.5) is 0 Å². The summed E-state index contributed by atoms with van der Waals surface area (Å²) in [4.78, 5) is 0. The Bertz CT molecular complexity index is 265. The maximum atomic E-state index is 6.41. The fraction of sp³-hybridized carbons (Fsp3) is 0.538. The molecule has 0 radical (unpaired) electrons. The summed E-state index contributed by atoms with van der Waals surface area (Å²) in [6.07, 6.45) is 6.38. The third-order valence-electron chi connectivity index (χ3n) is 4.03. The van der Waals surface area contributed by atoms with Gasteiger partial charge in [-0.15, -0.1) is 19.7 Å². The fourth-order valence-electron chi connectivity index (χ4n) is 3.03. The molecule has 82 valence electrons. The fourth-order valence-corrected chi connectivity index (χ4v) is 4.82. The number of hydrogen-bond acceptors (Lipinski definition) is 1. The van der Waals surface area contributed by atoms with Gasteiger partial charge in [0.05, 0.1) is 5.60 Å². The molecule has 1 nitrogen and oxygen atoms in total. The van der Waals surface area contributed by atoms with Crippen molar-refractivity contribution in [2.24, 2.45) is 5.92 Å². The van der Waals surface area contributed by atoms with Gasteiger partial charge in [0.15, 0.2) is 0 Å². The lowest BCUT2D eigenvalue weighted by Crippen LogP contribution is -2.43. The lowest BCUT2D eigenvalue weighted by molar-refractivity contribution is 0.0771. The molecule has 0 amide bonds. The van der Waals surface area contributed by atoms with Crippen LogP contribution in [0.25, 0.3) is 0 Å². The van der Waals surface area contributed by atoms with Crippen molar-refractivity contribution in [3.8, 4) is 0 Å². The van der Waals surface area contributed by atoms with Crippen molar-refractivity contribution in [3.63, 3.8) is 0 Å². The predicted octanol–water partition coefficient (Wildman–Crippen LogP) is 3.46. The minimum absolute atomic E-state index is 0.146. The first-order chi connectivity index (χ1) is 7.17. The predicted molar refractivity (Wildman–Crippen MR) is 66.7 cm³/mol. The van der Waals surface area contributed by atoms with Crippen molar-refractivity contribution < 1.29 is 4.43 Å². The van der Waals surface area contributed by atoms with E-state index in [1.165, 1.54) is 32.1 Å². The van der Waals surface area contributed by atoms with Crippen LogP contribution in [-0.2, 0) is 4.43 Å². The molecule has 0 heterocycles. The zero-order chi connectivity index (χ0) is 10.9. The molecule has 0 unspecified atom stereocenters. The SMILES string of the molecule is C=C[Si](C=C)(C=C)OC12CCC(CC1)C2. The quantitative estimate of drug-likeness (QED) is 0.645. The third-order valence-corrected chi connectivity index (χ3v) is 6.73.